The van der Waals surface area contributed by atoms with Crippen molar-refractivity contribution in [3.8, 4) is 5.75 Å². The van der Waals surface area contributed by atoms with Gasteiger partial charge in [-0.25, -0.2) is 0 Å². The number of halogens is 1. The van der Waals surface area contributed by atoms with Crippen molar-refractivity contribution < 1.29 is 4.74 Å². The summed E-state index contributed by atoms with van der Waals surface area (Å²) in [4.78, 5) is 0. The van der Waals surface area contributed by atoms with Gasteiger partial charge >= 0.3 is 0 Å². The Morgan fingerprint density at radius 3 is 2.62 bits per heavy atom. The molecule has 4 heteroatoms. The number of nitrogens with two attached hydrogens (primary N) is 1. The molecule has 3 nitrogen and oxygen atoms in total. The van der Waals surface area contributed by atoms with Crippen molar-refractivity contribution in [2.45, 2.75) is 13.0 Å². The molecule has 0 saturated carbocycles. The lowest BCUT2D eigenvalue weighted by atomic mass is 9.95. The molecule has 0 amide bonds. The van der Waals surface area contributed by atoms with E-state index in [2.05, 4.69) is 40.3 Å². The summed E-state index contributed by atoms with van der Waals surface area (Å²) < 4.78 is 6.18. The Kier molecular flexibility index (Phi) is 5.25. The molecule has 2 unspecified atom stereocenters. The first-order valence-electron chi connectivity index (χ1n) is 5.34. The minimum Gasteiger partial charge on any atom is -0.496 e. The van der Waals surface area contributed by atoms with E-state index in [0.29, 0.717) is 12.5 Å². The summed E-state index contributed by atoms with van der Waals surface area (Å²) in [7, 11) is 3.62. The second-order valence-corrected chi connectivity index (χ2v) is 4.73. The fourth-order valence-electron chi connectivity index (χ4n) is 1.79. The van der Waals surface area contributed by atoms with Crippen LogP contribution in [0, 0.1) is 5.92 Å². The van der Waals surface area contributed by atoms with Gasteiger partial charge in [0.05, 0.1) is 11.6 Å². The summed E-state index contributed by atoms with van der Waals surface area (Å²) in [6.45, 7) is 2.80. The topological polar surface area (TPSA) is 47.3 Å². The molecule has 1 aromatic rings. The monoisotopic (exact) mass is 286 g/mol. The second-order valence-electron chi connectivity index (χ2n) is 3.87. The van der Waals surface area contributed by atoms with Crippen LogP contribution in [-0.2, 0) is 0 Å². The van der Waals surface area contributed by atoms with Crippen LogP contribution in [-0.4, -0.2) is 20.7 Å². The Morgan fingerprint density at radius 2 is 2.19 bits per heavy atom. The zero-order chi connectivity index (χ0) is 12.1. The molecule has 0 radical (unpaired) electrons. The predicted molar refractivity (Wildman–Crippen MR) is 70.7 cm³/mol. The van der Waals surface area contributed by atoms with Crippen molar-refractivity contribution in [2.75, 3.05) is 20.7 Å². The summed E-state index contributed by atoms with van der Waals surface area (Å²) >= 11 is 3.49. The summed E-state index contributed by atoms with van der Waals surface area (Å²) in [6, 6.07) is 6.38. The third-order valence-electron chi connectivity index (χ3n) is 2.79. The van der Waals surface area contributed by atoms with E-state index in [9.17, 15) is 0 Å². The van der Waals surface area contributed by atoms with Crippen LogP contribution in [0.15, 0.2) is 22.7 Å². The lowest BCUT2D eigenvalue weighted by Crippen LogP contribution is -2.28. The molecule has 0 saturated heterocycles. The van der Waals surface area contributed by atoms with E-state index >= 15 is 0 Å². The average Bonchev–Trinajstić information content (AvgIpc) is 2.30. The van der Waals surface area contributed by atoms with Crippen molar-refractivity contribution in [1.29, 1.82) is 0 Å². The van der Waals surface area contributed by atoms with Crippen LogP contribution in [0.5, 0.6) is 5.75 Å². The maximum Gasteiger partial charge on any atom is 0.133 e. The van der Waals surface area contributed by atoms with Gasteiger partial charge in [-0.15, -0.1) is 0 Å². The van der Waals surface area contributed by atoms with Crippen LogP contribution in [0.3, 0.4) is 0 Å². The third-order valence-corrected chi connectivity index (χ3v) is 3.41. The molecule has 3 N–H and O–H groups in total. The molecule has 0 heterocycles. The minimum atomic E-state index is 0.271. The maximum atomic E-state index is 5.70. The van der Waals surface area contributed by atoms with E-state index in [-0.39, 0.29) is 6.04 Å². The predicted octanol–water partition coefficient (Wildman–Crippen LogP) is 2.31. The number of rotatable bonds is 5. The van der Waals surface area contributed by atoms with Crippen molar-refractivity contribution >= 4 is 15.9 Å². The first-order valence-corrected chi connectivity index (χ1v) is 6.14. The molecule has 0 spiro atoms. The maximum absolute atomic E-state index is 5.70. The van der Waals surface area contributed by atoms with E-state index in [4.69, 9.17) is 10.5 Å². The molecule has 0 aliphatic carbocycles. The van der Waals surface area contributed by atoms with Gasteiger partial charge in [-0.05, 0) is 53.1 Å². The SMILES string of the molecule is CNC(c1ccc(OC)c(Br)c1)C(C)CN. The highest BCUT2D eigenvalue weighted by atomic mass is 79.9. The summed E-state index contributed by atoms with van der Waals surface area (Å²) in [5.74, 6) is 1.24. The van der Waals surface area contributed by atoms with Crippen molar-refractivity contribution in [3.05, 3.63) is 28.2 Å². The molecule has 2 atom stereocenters. The molecule has 1 rings (SSSR count). The molecule has 90 valence electrons. The van der Waals surface area contributed by atoms with Gasteiger partial charge in [-0.2, -0.15) is 0 Å². The Hall–Kier alpha value is -0.580. The van der Waals surface area contributed by atoms with Gasteiger partial charge in [-0.3, -0.25) is 0 Å². The number of methoxy groups -OCH3 is 1. The van der Waals surface area contributed by atoms with E-state index in [1.807, 2.05) is 13.1 Å². The number of benzene rings is 1. The number of hydrogen-bond donors (Lipinski definition) is 2. The van der Waals surface area contributed by atoms with Gasteiger partial charge < -0.3 is 15.8 Å². The number of hydrogen-bond acceptors (Lipinski definition) is 3. The molecule has 1 aromatic carbocycles. The van der Waals surface area contributed by atoms with Crippen molar-refractivity contribution in [1.82, 2.24) is 5.32 Å². The van der Waals surface area contributed by atoms with Crippen molar-refractivity contribution in [3.63, 3.8) is 0 Å². The molecule has 0 fully saturated rings. The first-order chi connectivity index (χ1) is 7.63. The van der Waals surface area contributed by atoms with Crippen LogP contribution in [0.2, 0.25) is 0 Å². The molecule has 0 aliphatic rings. The Balaban J connectivity index is 2.98. The van der Waals surface area contributed by atoms with Crippen LogP contribution >= 0.6 is 15.9 Å². The highest BCUT2D eigenvalue weighted by molar-refractivity contribution is 9.10. The Bertz CT molecular complexity index is 344. The third kappa shape index (κ3) is 2.97. The summed E-state index contributed by atoms with van der Waals surface area (Å²) in [5, 5.41) is 3.29. The van der Waals surface area contributed by atoms with Gasteiger partial charge in [0.1, 0.15) is 5.75 Å². The van der Waals surface area contributed by atoms with E-state index in [1.54, 1.807) is 7.11 Å². The van der Waals surface area contributed by atoms with Crippen LogP contribution in [0.4, 0.5) is 0 Å². The standard InChI is InChI=1S/C12H19BrN2O/c1-8(7-14)12(15-2)9-4-5-11(16-3)10(13)6-9/h4-6,8,12,15H,7,14H2,1-3H3. The van der Waals surface area contributed by atoms with Gasteiger partial charge in [-0.1, -0.05) is 13.0 Å². The van der Waals surface area contributed by atoms with Gasteiger partial charge in [0, 0.05) is 6.04 Å². The second kappa shape index (κ2) is 6.23. The summed E-state index contributed by atoms with van der Waals surface area (Å²) in [6.07, 6.45) is 0. The zero-order valence-corrected chi connectivity index (χ0v) is 11.5. The minimum absolute atomic E-state index is 0.271. The van der Waals surface area contributed by atoms with E-state index < -0.39 is 0 Å². The lowest BCUT2D eigenvalue weighted by Gasteiger charge is -2.23. The van der Waals surface area contributed by atoms with Crippen LogP contribution in [0.1, 0.15) is 18.5 Å². The molecule has 0 aliphatic heterocycles. The summed E-state index contributed by atoms with van der Waals surface area (Å²) in [5.41, 5.74) is 6.92. The molecule has 16 heavy (non-hydrogen) atoms. The highest BCUT2D eigenvalue weighted by Crippen LogP contribution is 2.30. The van der Waals surface area contributed by atoms with E-state index in [0.717, 1.165) is 10.2 Å². The van der Waals surface area contributed by atoms with Gasteiger partial charge in [0.2, 0.25) is 0 Å². The van der Waals surface area contributed by atoms with Crippen LogP contribution in [0.25, 0.3) is 0 Å². The molecular weight excluding hydrogens is 268 g/mol. The average molecular weight is 287 g/mol. The largest absolute Gasteiger partial charge is 0.496 e. The van der Waals surface area contributed by atoms with Gasteiger partial charge in [0.15, 0.2) is 0 Å². The Labute approximate surface area is 105 Å². The quantitative estimate of drug-likeness (QED) is 0.873. The smallest absolute Gasteiger partial charge is 0.133 e. The number of nitrogens with one attached hydrogen (secondary N) is 1. The molecule has 0 bridgehead atoms. The Morgan fingerprint density at radius 1 is 1.50 bits per heavy atom. The number of ether oxygens (including phenoxy) is 1. The van der Waals surface area contributed by atoms with Gasteiger partial charge in [0.25, 0.3) is 0 Å². The lowest BCUT2D eigenvalue weighted by molar-refractivity contribution is 0.406. The van der Waals surface area contributed by atoms with E-state index in [1.165, 1.54) is 5.56 Å². The fourth-order valence-corrected chi connectivity index (χ4v) is 2.35. The van der Waals surface area contributed by atoms with Crippen LogP contribution < -0.4 is 15.8 Å². The molecule has 0 aromatic heterocycles. The van der Waals surface area contributed by atoms with Crippen molar-refractivity contribution in [2.24, 2.45) is 11.7 Å². The fraction of sp³-hybridized carbons (Fsp3) is 0.500. The molecular formula is C12H19BrN2O. The highest BCUT2D eigenvalue weighted by Gasteiger charge is 2.17. The first kappa shape index (κ1) is 13.5. The normalized spacial score (nSPS) is 14.6. The zero-order valence-electron chi connectivity index (χ0n) is 9.96.